The first-order valence-electron chi connectivity index (χ1n) is 5.60. The molecule has 1 aromatic rings. The molecule has 2 nitrogen and oxygen atoms in total. The normalized spacial score (nSPS) is 12.7. The molecule has 0 aliphatic rings. The smallest absolute Gasteiger partial charge is 0.144 e. The molecule has 1 N–H and O–H groups in total. The van der Waals surface area contributed by atoms with E-state index in [-0.39, 0.29) is 5.82 Å². The van der Waals surface area contributed by atoms with E-state index >= 15 is 0 Å². The minimum absolute atomic E-state index is 0.200. The monoisotopic (exact) mass is 210 g/mol. The molecule has 3 heteroatoms. The number of hydrogen-bond acceptors (Lipinski definition) is 2. The number of nitrogens with one attached hydrogen (secondary N) is 1. The quantitative estimate of drug-likeness (QED) is 0.780. The van der Waals surface area contributed by atoms with Gasteiger partial charge in [0.1, 0.15) is 5.82 Å². The number of pyridine rings is 1. The molecule has 1 aromatic heterocycles. The molecule has 1 heterocycles. The largest absolute Gasteiger partial charge is 0.314 e. The van der Waals surface area contributed by atoms with Crippen molar-refractivity contribution in [3.63, 3.8) is 0 Å². The summed E-state index contributed by atoms with van der Waals surface area (Å²) >= 11 is 0. The maximum atomic E-state index is 13.3. The van der Waals surface area contributed by atoms with Crippen LogP contribution in [0.15, 0.2) is 18.3 Å². The molecular weight excluding hydrogens is 191 g/mol. The summed E-state index contributed by atoms with van der Waals surface area (Å²) in [6.07, 6.45) is 4.41. The third-order valence-electron chi connectivity index (χ3n) is 2.45. The predicted molar refractivity (Wildman–Crippen MR) is 60.3 cm³/mol. The van der Waals surface area contributed by atoms with Crippen LogP contribution in [-0.2, 0) is 6.42 Å². The first kappa shape index (κ1) is 12.1. The fraction of sp³-hybridized carbons (Fsp3) is 0.583. The molecule has 1 unspecified atom stereocenters. The highest BCUT2D eigenvalue weighted by atomic mass is 19.1. The molecule has 0 saturated carbocycles. The van der Waals surface area contributed by atoms with Gasteiger partial charge in [0.05, 0.1) is 5.69 Å². The second kappa shape index (κ2) is 6.51. The lowest BCUT2D eigenvalue weighted by molar-refractivity contribution is 0.477. The molecule has 0 bridgehead atoms. The maximum absolute atomic E-state index is 13.3. The van der Waals surface area contributed by atoms with Gasteiger partial charge in [-0.05, 0) is 31.5 Å². The third kappa shape index (κ3) is 3.96. The Balaban J connectivity index is 2.54. The van der Waals surface area contributed by atoms with Crippen molar-refractivity contribution in [1.29, 1.82) is 0 Å². The van der Waals surface area contributed by atoms with Crippen LogP contribution in [0, 0.1) is 5.82 Å². The van der Waals surface area contributed by atoms with Crippen molar-refractivity contribution < 1.29 is 4.39 Å². The van der Waals surface area contributed by atoms with Crippen molar-refractivity contribution >= 4 is 0 Å². The van der Waals surface area contributed by atoms with Gasteiger partial charge in [-0.2, -0.15) is 0 Å². The maximum Gasteiger partial charge on any atom is 0.144 e. The van der Waals surface area contributed by atoms with Crippen LogP contribution in [0.25, 0.3) is 0 Å². The number of nitrogens with zero attached hydrogens (tertiary/aromatic N) is 1. The second-order valence-electron chi connectivity index (χ2n) is 3.70. The zero-order valence-electron chi connectivity index (χ0n) is 9.46. The number of aromatic nitrogens is 1. The lowest BCUT2D eigenvalue weighted by Gasteiger charge is -2.16. The van der Waals surface area contributed by atoms with E-state index in [9.17, 15) is 4.39 Å². The summed E-state index contributed by atoms with van der Waals surface area (Å²) < 4.78 is 13.3. The molecule has 0 spiro atoms. The molecule has 15 heavy (non-hydrogen) atoms. The Kier molecular flexibility index (Phi) is 5.26. The van der Waals surface area contributed by atoms with Crippen LogP contribution in [0.2, 0.25) is 0 Å². The number of halogens is 1. The predicted octanol–water partition coefficient (Wildman–Crippen LogP) is 2.54. The minimum atomic E-state index is -0.200. The molecule has 0 aliphatic heterocycles. The van der Waals surface area contributed by atoms with E-state index in [0.717, 1.165) is 19.4 Å². The molecule has 0 aromatic carbocycles. The Morgan fingerprint density at radius 2 is 2.27 bits per heavy atom. The molecule has 0 amide bonds. The standard InChI is InChI=1S/C12H19FN2/c1-3-7-14-10(4-2)9-12-11(13)6-5-8-15-12/h5-6,8,10,14H,3-4,7,9H2,1-2H3. The van der Waals surface area contributed by atoms with Gasteiger partial charge in [-0.3, -0.25) is 4.98 Å². The molecular formula is C12H19FN2. The van der Waals surface area contributed by atoms with E-state index in [1.807, 2.05) is 0 Å². The van der Waals surface area contributed by atoms with E-state index in [0.29, 0.717) is 18.2 Å². The lowest BCUT2D eigenvalue weighted by atomic mass is 10.1. The Morgan fingerprint density at radius 3 is 2.87 bits per heavy atom. The van der Waals surface area contributed by atoms with Gasteiger partial charge in [-0.25, -0.2) is 4.39 Å². The molecule has 0 aliphatic carbocycles. The summed E-state index contributed by atoms with van der Waals surface area (Å²) in [5.74, 6) is -0.200. The fourth-order valence-electron chi connectivity index (χ4n) is 1.51. The molecule has 84 valence electrons. The Hall–Kier alpha value is -0.960. The van der Waals surface area contributed by atoms with Gasteiger partial charge in [0.25, 0.3) is 0 Å². The minimum Gasteiger partial charge on any atom is -0.314 e. The van der Waals surface area contributed by atoms with Crippen LogP contribution in [0.4, 0.5) is 4.39 Å². The van der Waals surface area contributed by atoms with Gasteiger partial charge in [0.15, 0.2) is 0 Å². The number of hydrogen-bond donors (Lipinski definition) is 1. The van der Waals surface area contributed by atoms with E-state index < -0.39 is 0 Å². The summed E-state index contributed by atoms with van der Waals surface area (Å²) in [6.45, 7) is 5.21. The number of rotatable bonds is 6. The SMILES string of the molecule is CCCNC(CC)Cc1ncccc1F. The van der Waals surface area contributed by atoms with Crippen molar-refractivity contribution in [1.82, 2.24) is 10.3 Å². The van der Waals surface area contributed by atoms with Gasteiger partial charge in [0, 0.05) is 18.7 Å². The van der Waals surface area contributed by atoms with E-state index in [4.69, 9.17) is 0 Å². The van der Waals surface area contributed by atoms with Crippen LogP contribution < -0.4 is 5.32 Å². The topological polar surface area (TPSA) is 24.9 Å². The highest BCUT2D eigenvalue weighted by Crippen LogP contribution is 2.07. The Morgan fingerprint density at radius 1 is 1.47 bits per heavy atom. The fourth-order valence-corrected chi connectivity index (χ4v) is 1.51. The zero-order chi connectivity index (χ0) is 11.1. The molecule has 0 fully saturated rings. The summed E-state index contributed by atoms with van der Waals surface area (Å²) in [6, 6.07) is 3.42. The highest BCUT2D eigenvalue weighted by Gasteiger charge is 2.10. The van der Waals surface area contributed by atoms with Gasteiger partial charge >= 0.3 is 0 Å². The average Bonchev–Trinajstić information content (AvgIpc) is 2.26. The van der Waals surface area contributed by atoms with Crippen LogP contribution in [0.1, 0.15) is 32.4 Å². The van der Waals surface area contributed by atoms with E-state index in [1.165, 1.54) is 6.07 Å². The van der Waals surface area contributed by atoms with Crippen LogP contribution >= 0.6 is 0 Å². The third-order valence-corrected chi connectivity index (χ3v) is 2.45. The van der Waals surface area contributed by atoms with Crippen molar-refractivity contribution in [3.8, 4) is 0 Å². The molecule has 1 rings (SSSR count). The van der Waals surface area contributed by atoms with Gasteiger partial charge < -0.3 is 5.32 Å². The lowest BCUT2D eigenvalue weighted by Crippen LogP contribution is -2.31. The highest BCUT2D eigenvalue weighted by molar-refractivity contribution is 5.08. The summed E-state index contributed by atoms with van der Waals surface area (Å²) in [7, 11) is 0. The van der Waals surface area contributed by atoms with Crippen molar-refractivity contribution in [2.45, 2.75) is 39.2 Å². The van der Waals surface area contributed by atoms with Crippen molar-refractivity contribution in [3.05, 3.63) is 29.8 Å². The van der Waals surface area contributed by atoms with Crippen molar-refractivity contribution in [2.24, 2.45) is 0 Å². The van der Waals surface area contributed by atoms with Gasteiger partial charge in [-0.1, -0.05) is 13.8 Å². The van der Waals surface area contributed by atoms with Crippen LogP contribution in [-0.4, -0.2) is 17.6 Å². The Bertz CT molecular complexity index is 289. The second-order valence-corrected chi connectivity index (χ2v) is 3.70. The molecule has 1 atom stereocenters. The molecule has 0 saturated heterocycles. The van der Waals surface area contributed by atoms with E-state index in [2.05, 4.69) is 24.1 Å². The first-order valence-corrected chi connectivity index (χ1v) is 5.60. The summed E-state index contributed by atoms with van der Waals surface area (Å²) in [4.78, 5) is 4.06. The first-order chi connectivity index (χ1) is 7.27. The van der Waals surface area contributed by atoms with Crippen LogP contribution in [0.5, 0.6) is 0 Å². The molecule has 0 radical (unpaired) electrons. The van der Waals surface area contributed by atoms with Gasteiger partial charge in [-0.15, -0.1) is 0 Å². The summed E-state index contributed by atoms with van der Waals surface area (Å²) in [5, 5.41) is 3.39. The van der Waals surface area contributed by atoms with Crippen LogP contribution in [0.3, 0.4) is 0 Å². The van der Waals surface area contributed by atoms with Gasteiger partial charge in [0.2, 0.25) is 0 Å². The van der Waals surface area contributed by atoms with Crippen molar-refractivity contribution in [2.75, 3.05) is 6.54 Å². The zero-order valence-corrected chi connectivity index (χ0v) is 9.46. The van der Waals surface area contributed by atoms with E-state index in [1.54, 1.807) is 12.3 Å². The summed E-state index contributed by atoms with van der Waals surface area (Å²) in [5.41, 5.74) is 0.563. The average molecular weight is 210 g/mol. The Labute approximate surface area is 90.9 Å².